The second kappa shape index (κ2) is 7.35. The number of carboxylic acid groups (broad SMARTS) is 1. The Bertz CT molecular complexity index is 351. The third-order valence-electron chi connectivity index (χ3n) is 2.45. The number of hydrogen-bond donors (Lipinski definition) is 2. The zero-order valence-corrected chi connectivity index (χ0v) is 10.9. The van der Waals surface area contributed by atoms with Gasteiger partial charge < -0.3 is 10.8 Å². The Morgan fingerprint density at radius 2 is 1.94 bits per heavy atom. The van der Waals surface area contributed by atoms with E-state index in [2.05, 4.69) is 6.92 Å². The van der Waals surface area contributed by atoms with Crippen molar-refractivity contribution in [2.75, 3.05) is 12.3 Å². The molecule has 3 nitrogen and oxygen atoms in total. The van der Waals surface area contributed by atoms with Crippen molar-refractivity contribution in [1.29, 1.82) is 0 Å². The summed E-state index contributed by atoms with van der Waals surface area (Å²) in [5.74, 6) is 1.78. The Hall–Kier alpha value is -1.00. The van der Waals surface area contributed by atoms with Gasteiger partial charge in [0.1, 0.15) is 0 Å². The number of carboxylic acids is 1. The molecule has 0 saturated heterocycles. The van der Waals surface area contributed by atoms with Gasteiger partial charge in [-0.25, -0.2) is 0 Å². The fourth-order valence-electron chi connectivity index (χ4n) is 1.37. The lowest BCUT2D eigenvalue weighted by Crippen LogP contribution is -2.12. The lowest BCUT2D eigenvalue weighted by molar-refractivity contribution is -0.136. The first-order chi connectivity index (χ1) is 8.11. The molecule has 0 amide bonds. The van der Waals surface area contributed by atoms with Gasteiger partial charge in [-0.05, 0) is 29.3 Å². The van der Waals surface area contributed by atoms with Crippen molar-refractivity contribution in [3.63, 3.8) is 0 Å². The maximum Gasteiger partial charge on any atom is 0.307 e. The molecule has 3 N–H and O–H groups in total. The summed E-state index contributed by atoms with van der Waals surface area (Å²) in [5, 5.41) is 8.65. The van der Waals surface area contributed by atoms with Gasteiger partial charge in [0.05, 0.1) is 6.42 Å². The Labute approximate surface area is 106 Å². The number of aliphatic carboxylic acids is 1. The van der Waals surface area contributed by atoms with Crippen molar-refractivity contribution in [3.05, 3.63) is 35.4 Å². The molecule has 17 heavy (non-hydrogen) atoms. The van der Waals surface area contributed by atoms with Crippen LogP contribution in [0.1, 0.15) is 18.1 Å². The molecule has 0 aliphatic rings. The van der Waals surface area contributed by atoms with Crippen molar-refractivity contribution in [1.82, 2.24) is 0 Å². The van der Waals surface area contributed by atoms with E-state index in [1.165, 1.54) is 5.56 Å². The highest BCUT2D eigenvalue weighted by Gasteiger charge is 2.02. The smallest absolute Gasteiger partial charge is 0.307 e. The molecule has 4 heteroatoms. The van der Waals surface area contributed by atoms with Gasteiger partial charge in [0, 0.05) is 5.75 Å². The van der Waals surface area contributed by atoms with Gasteiger partial charge in [-0.2, -0.15) is 11.8 Å². The third kappa shape index (κ3) is 5.75. The molecule has 0 fully saturated rings. The second-order valence-electron chi connectivity index (χ2n) is 4.24. The molecule has 1 rings (SSSR count). The van der Waals surface area contributed by atoms with Gasteiger partial charge in [-0.15, -0.1) is 0 Å². The summed E-state index contributed by atoms with van der Waals surface area (Å²) in [6.07, 6.45) is 0.0949. The maximum atomic E-state index is 10.5. The van der Waals surface area contributed by atoms with E-state index in [0.29, 0.717) is 5.92 Å². The number of rotatable bonds is 7. The molecule has 0 aromatic heterocycles. The first-order valence-corrected chi connectivity index (χ1v) is 6.84. The Morgan fingerprint density at radius 1 is 1.35 bits per heavy atom. The highest BCUT2D eigenvalue weighted by atomic mass is 32.2. The monoisotopic (exact) mass is 253 g/mol. The molecule has 1 aromatic carbocycles. The van der Waals surface area contributed by atoms with Gasteiger partial charge >= 0.3 is 5.97 Å². The highest BCUT2D eigenvalue weighted by molar-refractivity contribution is 7.98. The molecule has 0 spiro atoms. The molecule has 0 heterocycles. The van der Waals surface area contributed by atoms with Crippen LogP contribution in [0.4, 0.5) is 0 Å². The predicted molar refractivity (Wildman–Crippen MR) is 72.2 cm³/mol. The van der Waals surface area contributed by atoms with Crippen LogP contribution >= 0.6 is 11.8 Å². The topological polar surface area (TPSA) is 63.3 Å². The van der Waals surface area contributed by atoms with Crippen LogP contribution in [0.15, 0.2) is 24.3 Å². The van der Waals surface area contributed by atoms with E-state index in [4.69, 9.17) is 10.8 Å². The maximum absolute atomic E-state index is 10.5. The SMILES string of the molecule is CC(CN)CSCc1ccc(CC(=O)O)cc1. The van der Waals surface area contributed by atoms with E-state index < -0.39 is 5.97 Å². The second-order valence-corrected chi connectivity index (χ2v) is 5.27. The highest BCUT2D eigenvalue weighted by Crippen LogP contribution is 2.15. The average molecular weight is 253 g/mol. The minimum Gasteiger partial charge on any atom is -0.481 e. The van der Waals surface area contributed by atoms with Crippen molar-refractivity contribution < 1.29 is 9.90 Å². The number of hydrogen-bond acceptors (Lipinski definition) is 3. The van der Waals surface area contributed by atoms with Crippen LogP contribution in [0.25, 0.3) is 0 Å². The van der Waals surface area contributed by atoms with Crippen LogP contribution in [-0.2, 0) is 17.0 Å². The summed E-state index contributed by atoms with van der Waals surface area (Å²) in [5.41, 5.74) is 7.63. The van der Waals surface area contributed by atoms with Crippen LogP contribution in [-0.4, -0.2) is 23.4 Å². The standard InChI is InChI=1S/C13H19NO2S/c1-10(7-14)8-17-9-12-4-2-11(3-5-12)6-13(15)16/h2-5,10H,6-9,14H2,1H3,(H,15,16). The summed E-state index contributed by atoms with van der Waals surface area (Å²) in [4.78, 5) is 10.5. The van der Waals surface area contributed by atoms with E-state index >= 15 is 0 Å². The van der Waals surface area contributed by atoms with E-state index in [9.17, 15) is 4.79 Å². The van der Waals surface area contributed by atoms with Gasteiger partial charge in [-0.3, -0.25) is 4.79 Å². The third-order valence-corrected chi connectivity index (χ3v) is 3.79. The van der Waals surface area contributed by atoms with E-state index in [1.807, 2.05) is 36.0 Å². The normalized spacial score (nSPS) is 12.4. The summed E-state index contributed by atoms with van der Waals surface area (Å²) in [7, 11) is 0. The molecule has 0 bridgehead atoms. The molecular weight excluding hydrogens is 234 g/mol. The molecule has 0 saturated carbocycles. The van der Waals surface area contributed by atoms with Crippen molar-refractivity contribution >= 4 is 17.7 Å². The summed E-state index contributed by atoms with van der Waals surface area (Å²) < 4.78 is 0. The van der Waals surface area contributed by atoms with Crippen molar-refractivity contribution in [2.24, 2.45) is 11.7 Å². The van der Waals surface area contributed by atoms with Crippen LogP contribution in [0.3, 0.4) is 0 Å². The molecule has 1 unspecified atom stereocenters. The zero-order chi connectivity index (χ0) is 12.7. The molecule has 94 valence electrons. The molecule has 1 atom stereocenters. The van der Waals surface area contributed by atoms with Crippen molar-refractivity contribution in [2.45, 2.75) is 19.1 Å². The van der Waals surface area contributed by atoms with E-state index in [1.54, 1.807) is 0 Å². The van der Waals surface area contributed by atoms with Gasteiger partial charge in [-0.1, -0.05) is 31.2 Å². The number of carbonyl (C=O) groups is 1. The summed E-state index contributed by atoms with van der Waals surface area (Å²) >= 11 is 1.86. The zero-order valence-electron chi connectivity index (χ0n) is 10.1. The molecular formula is C13H19NO2S. The van der Waals surface area contributed by atoms with Crippen LogP contribution in [0, 0.1) is 5.92 Å². The number of nitrogens with two attached hydrogens (primary N) is 1. The Morgan fingerprint density at radius 3 is 2.47 bits per heavy atom. The fourth-order valence-corrected chi connectivity index (χ4v) is 2.46. The van der Waals surface area contributed by atoms with Crippen molar-refractivity contribution in [3.8, 4) is 0 Å². The minimum atomic E-state index is -0.788. The fraction of sp³-hybridized carbons (Fsp3) is 0.462. The average Bonchev–Trinajstić information content (AvgIpc) is 2.30. The van der Waals surface area contributed by atoms with E-state index in [0.717, 1.165) is 23.6 Å². The molecule has 1 aromatic rings. The summed E-state index contributed by atoms with van der Waals surface area (Å²) in [6, 6.07) is 7.77. The lowest BCUT2D eigenvalue weighted by Gasteiger charge is -2.07. The number of thioether (sulfide) groups is 1. The van der Waals surface area contributed by atoms with Gasteiger partial charge in [0.2, 0.25) is 0 Å². The van der Waals surface area contributed by atoms with Crippen LogP contribution in [0.2, 0.25) is 0 Å². The first-order valence-electron chi connectivity index (χ1n) is 5.69. The molecule has 0 radical (unpaired) electrons. The number of benzene rings is 1. The lowest BCUT2D eigenvalue weighted by atomic mass is 10.1. The molecule has 0 aliphatic heterocycles. The predicted octanol–water partition coefficient (Wildman–Crippen LogP) is 2.14. The van der Waals surface area contributed by atoms with Crippen LogP contribution in [0.5, 0.6) is 0 Å². The molecule has 0 aliphatic carbocycles. The summed E-state index contributed by atoms with van der Waals surface area (Å²) in [6.45, 7) is 2.87. The van der Waals surface area contributed by atoms with Gasteiger partial charge in [0.25, 0.3) is 0 Å². The quantitative estimate of drug-likeness (QED) is 0.781. The van der Waals surface area contributed by atoms with Crippen LogP contribution < -0.4 is 5.73 Å². The van der Waals surface area contributed by atoms with E-state index in [-0.39, 0.29) is 6.42 Å². The van der Waals surface area contributed by atoms with Gasteiger partial charge in [0.15, 0.2) is 0 Å². The first kappa shape index (κ1) is 14.1. The Kier molecular flexibility index (Phi) is 6.08. The minimum absolute atomic E-state index is 0.0949. The Balaban J connectivity index is 2.37. The largest absolute Gasteiger partial charge is 0.481 e.